The van der Waals surface area contributed by atoms with Gasteiger partial charge in [0, 0.05) is 6.42 Å². The Bertz CT molecular complexity index is 498. The topological polar surface area (TPSA) is 20.2 Å². The fourth-order valence-corrected chi connectivity index (χ4v) is 5.21. The van der Waals surface area contributed by atoms with E-state index in [0.29, 0.717) is 0 Å². The molecular weight excluding hydrogens is 256 g/mol. The highest BCUT2D eigenvalue weighted by Crippen LogP contribution is 2.51. The number of aliphatic hydroxyl groups is 1. The molecule has 0 radical (unpaired) electrons. The van der Waals surface area contributed by atoms with Gasteiger partial charge in [0.05, 0.1) is 5.60 Å². The van der Waals surface area contributed by atoms with Crippen LogP contribution in [0.15, 0.2) is 12.1 Å². The first-order valence-corrected chi connectivity index (χ1v) is 8.21. The van der Waals surface area contributed by atoms with E-state index in [4.69, 9.17) is 0 Å². The highest BCUT2D eigenvalue weighted by Gasteiger charge is 2.46. The number of hydrogen-bond acceptors (Lipinski definition) is 1. The summed E-state index contributed by atoms with van der Waals surface area (Å²) in [6, 6.07) is 4.48. The van der Waals surface area contributed by atoms with Gasteiger partial charge in [-0.2, -0.15) is 0 Å². The molecular formula is C20H32O. The highest BCUT2D eigenvalue weighted by atomic mass is 16.3. The van der Waals surface area contributed by atoms with Crippen LogP contribution in [-0.2, 0) is 6.42 Å². The fraction of sp³-hybridized carbons (Fsp3) is 0.700. The average molecular weight is 288 g/mol. The molecule has 0 atom stereocenters. The Kier molecular flexibility index (Phi) is 4.04. The quantitative estimate of drug-likeness (QED) is 0.800. The van der Waals surface area contributed by atoms with Crippen molar-refractivity contribution in [2.45, 2.75) is 79.8 Å². The van der Waals surface area contributed by atoms with E-state index in [9.17, 15) is 5.11 Å². The van der Waals surface area contributed by atoms with Crippen LogP contribution in [-0.4, -0.2) is 10.7 Å². The van der Waals surface area contributed by atoms with Gasteiger partial charge in [-0.15, -0.1) is 0 Å². The predicted molar refractivity (Wildman–Crippen MR) is 90.7 cm³/mol. The van der Waals surface area contributed by atoms with Crippen molar-refractivity contribution in [3.8, 4) is 0 Å². The summed E-state index contributed by atoms with van der Waals surface area (Å²) < 4.78 is 0. The second kappa shape index (κ2) is 5.12. The summed E-state index contributed by atoms with van der Waals surface area (Å²) in [5.74, 6) is 0. The van der Waals surface area contributed by atoms with E-state index in [1.54, 1.807) is 0 Å². The third-order valence-corrected chi connectivity index (χ3v) is 4.92. The van der Waals surface area contributed by atoms with E-state index in [0.717, 1.165) is 19.3 Å². The van der Waals surface area contributed by atoms with Crippen molar-refractivity contribution in [2.24, 2.45) is 10.8 Å². The summed E-state index contributed by atoms with van der Waals surface area (Å²) in [5.41, 5.74) is 5.15. The molecule has 0 amide bonds. The summed E-state index contributed by atoms with van der Waals surface area (Å²) in [6.45, 7) is 15.7. The van der Waals surface area contributed by atoms with E-state index in [2.05, 4.69) is 60.6 Å². The molecule has 0 spiro atoms. The monoisotopic (exact) mass is 288 g/mol. The van der Waals surface area contributed by atoms with E-state index in [-0.39, 0.29) is 10.8 Å². The number of rotatable bonds is 2. The zero-order valence-electron chi connectivity index (χ0n) is 14.9. The van der Waals surface area contributed by atoms with Gasteiger partial charge in [0.1, 0.15) is 0 Å². The highest BCUT2D eigenvalue weighted by molar-refractivity contribution is 5.38. The molecule has 21 heavy (non-hydrogen) atoms. The van der Waals surface area contributed by atoms with Crippen LogP contribution in [0.3, 0.4) is 0 Å². The predicted octanol–water partition coefficient (Wildman–Crippen LogP) is 5.12. The van der Waals surface area contributed by atoms with Crippen LogP contribution < -0.4 is 0 Å². The van der Waals surface area contributed by atoms with E-state index < -0.39 is 5.60 Å². The van der Waals surface area contributed by atoms with Crippen molar-refractivity contribution < 1.29 is 5.11 Å². The van der Waals surface area contributed by atoms with Gasteiger partial charge in [0.25, 0.3) is 0 Å². The molecule has 0 heterocycles. The molecule has 0 aromatic heterocycles. The SMILES string of the molecule is Cc1cc(C)c(CC2(O)CC(C)(C)CC(C)(C)C2)c(C)c1. The molecule has 1 aliphatic rings. The Morgan fingerprint density at radius 2 is 1.29 bits per heavy atom. The molecule has 0 aliphatic heterocycles. The molecule has 1 heteroatoms. The van der Waals surface area contributed by atoms with Crippen molar-refractivity contribution in [1.82, 2.24) is 0 Å². The van der Waals surface area contributed by atoms with E-state index in [1.165, 1.54) is 28.7 Å². The molecule has 1 aliphatic carbocycles. The number of benzene rings is 1. The van der Waals surface area contributed by atoms with Crippen molar-refractivity contribution in [1.29, 1.82) is 0 Å². The molecule has 0 bridgehead atoms. The Morgan fingerprint density at radius 1 is 0.857 bits per heavy atom. The van der Waals surface area contributed by atoms with Gasteiger partial charge in [0.2, 0.25) is 0 Å². The summed E-state index contributed by atoms with van der Waals surface area (Å²) in [7, 11) is 0. The van der Waals surface area contributed by atoms with Gasteiger partial charge in [-0.1, -0.05) is 45.4 Å². The Hall–Kier alpha value is -0.820. The van der Waals surface area contributed by atoms with Crippen molar-refractivity contribution in [2.75, 3.05) is 0 Å². The normalized spacial score (nSPS) is 23.0. The van der Waals surface area contributed by atoms with Gasteiger partial charge in [-0.3, -0.25) is 0 Å². The van der Waals surface area contributed by atoms with Gasteiger partial charge in [-0.05, 0) is 67.6 Å². The fourth-order valence-electron chi connectivity index (χ4n) is 5.21. The Labute approximate surface area is 130 Å². The minimum atomic E-state index is -0.573. The van der Waals surface area contributed by atoms with Gasteiger partial charge >= 0.3 is 0 Å². The summed E-state index contributed by atoms with van der Waals surface area (Å²) in [6.07, 6.45) is 3.78. The molecule has 1 saturated carbocycles. The molecule has 0 unspecified atom stereocenters. The van der Waals surface area contributed by atoms with Gasteiger partial charge in [-0.25, -0.2) is 0 Å². The van der Waals surface area contributed by atoms with Crippen LogP contribution in [0.1, 0.15) is 69.2 Å². The van der Waals surface area contributed by atoms with Crippen LogP contribution in [0.25, 0.3) is 0 Å². The van der Waals surface area contributed by atoms with Crippen LogP contribution in [0.5, 0.6) is 0 Å². The van der Waals surface area contributed by atoms with Crippen LogP contribution in [0, 0.1) is 31.6 Å². The third kappa shape index (κ3) is 3.88. The zero-order valence-corrected chi connectivity index (χ0v) is 14.9. The van der Waals surface area contributed by atoms with Gasteiger partial charge in [0.15, 0.2) is 0 Å². The molecule has 1 aromatic rings. The number of hydrogen-bond donors (Lipinski definition) is 1. The maximum Gasteiger partial charge on any atom is 0.0698 e. The Morgan fingerprint density at radius 3 is 1.71 bits per heavy atom. The lowest BCUT2D eigenvalue weighted by molar-refractivity contribution is -0.0852. The Balaban J connectivity index is 2.34. The smallest absolute Gasteiger partial charge is 0.0698 e. The molecule has 1 N–H and O–H groups in total. The first-order chi connectivity index (χ1) is 9.41. The molecule has 1 nitrogen and oxygen atoms in total. The minimum Gasteiger partial charge on any atom is -0.390 e. The van der Waals surface area contributed by atoms with Gasteiger partial charge < -0.3 is 5.11 Å². The second-order valence-electron chi connectivity index (χ2n) is 9.14. The van der Waals surface area contributed by atoms with Crippen molar-refractivity contribution >= 4 is 0 Å². The lowest BCUT2D eigenvalue weighted by Crippen LogP contribution is -2.47. The van der Waals surface area contributed by atoms with Crippen LogP contribution in [0.4, 0.5) is 0 Å². The van der Waals surface area contributed by atoms with E-state index >= 15 is 0 Å². The average Bonchev–Trinajstić information content (AvgIpc) is 2.17. The van der Waals surface area contributed by atoms with Crippen LogP contribution in [0.2, 0.25) is 0 Å². The second-order valence-corrected chi connectivity index (χ2v) is 9.14. The lowest BCUT2D eigenvalue weighted by Gasteiger charge is -2.50. The molecule has 1 aromatic carbocycles. The van der Waals surface area contributed by atoms with Crippen molar-refractivity contribution in [3.63, 3.8) is 0 Å². The molecule has 118 valence electrons. The standard InChI is InChI=1S/C20H32O/c1-14-8-15(2)17(16(3)9-14)10-20(21)12-18(4,5)11-19(6,7)13-20/h8-9,21H,10-13H2,1-7H3. The van der Waals surface area contributed by atoms with Crippen molar-refractivity contribution in [3.05, 3.63) is 34.4 Å². The molecule has 0 saturated heterocycles. The van der Waals surface area contributed by atoms with Crippen LogP contribution >= 0.6 is 0 Å². The maximum atomic E-state index is 11.3. The minimum absolute atomic E-state index is 0.211. The lowest BCUT2D eigenvalue weighted by atomic mass is 9.58. The summed E-state index contributed by atoms with van der Waals surface area (Å²) >= 11 is 0. The number of aryl methyl sites for hydroxylation is 3. The largest absolute Gasteiger partial charge is 0.390 e. The first-order valence-electron chi connectivity index (χ1n) is 8.21. The molecule has 1 fully saturated rings. The first kappa shape index (κ1) is 16.5. The zero-order chi connectivity index (χ0) is 16.1. The maximum absolute atomic E-state index is 11.3. The third-order valence-electron chi connectivity index (χ3n) is 4.92. The van der Waals surface area contributed by atoms with E-state index in [1.807, 2.05) is 0 Å². The summed E-state index contributed by atoms with van der Waals surface area (Å²) in [5, 5.41) is 11.3. The summed E-state index contributed by atoms with van der Waals surface area (Å²) in [4.78, 5) is 0. The molecule has 2 rings (SSSR count).